The summed E-state index contributed by atoms with van der Waals surface area (Å²) >= 11 is 0. The number of nitrogens with one attached hydrogen (secondary N) is 3. The van der Waals surface area contributed by atoms with Crippen LogP contribution in [0.4, 0.5) is 0 Å². The lowest BCUT2D eigenvalue weighted by atomic mass is 10.1. The maximum atomic E-state index is 11.2. The minimum atomic E-state index is -3.11. The first-order chi connectivity index (χ1) is 19.7. The highest BCUT2D eigenvalue weighted by atomic mass is 32.2. The Bertz CT molecular complexity index is 1510. The van der Waals surface area contributed by atoms with E-state index in [0.29, 0.717) is 40.2 Å². The van der Waals surface area contributed by atoms with E-state index in [1.54, 1.807) is 56.7 Å². The number of aryl methyl sites for hydroxylation is 1. The minimum Gasteiger partial charge on any atom is -0.496 e. The van der Waals surface area contributed by atoms with Gasteiger partial charge in [0.2, 0.25) is 0 Å². The number of rotatable bonds is 10. The van der Waals surface area contributed by atoms with Gasteiger partial charge in [-0.3, -0.25) is 16.2 Å². The van der Waals surface area contributed by atoms with Crippen molar-refractivity contribution in [2.24, 2.45) is 17.2 Å². The molecule has 0 atom stereocenters. The van der Waals surface area contributed by atoms with Crippen LogP contribution in [-0.2, 0) is 22.0 Å². The van der Waals surface area contributed by atoms with E-state index in [9.17, 15) is 8.42 Å². The molecule has 12 nitrogen and oxygen atoms in total. The van der Waals surface area contributed by atoms with E-state index in [4.69, 9.17) is 52.7 Å². The van der Waals surface area contributed by atoms with E-state index in [1.807, 2.05) is 19.1 Å². The van der Waals surface area contributed by atoms with Crippen molar-refractivity contribution in [3.05, 3.63) is 88.0 Å². The van der Waals surface area contributed by atoms with Crippen molar-refractivity contribution in [2.75, 3.05) is 34.2 Å². The van der Waals surface area contributed by atoms with Crippen LogP contribution < -0.4 is 31.4 Å². The first-order valence-electron chi connectivity index (χ1n) is 12.5. The summed E-state index contributed by atoms with van der Waals surface area (Å²) in [5.41, 5.74) is 20.3. The molecule has 0 saturated heterocycles. The molecule has 0 radical (unpaired) electrons. The molecule has 0 amide bonds. The molecule has 0 heterocycles. The zero-order valence-corrected chi connectivity index (χ0v) is 25.3. The van der Waals surface area contributed by atoms with E-state index >= 15 is 0 Å². The van der Waals surface area contributed by atoms with Gasteiger partial charge in [0.05, 0.1) is 27.1 Å². The normalized spacial score (nSPS) is 10.2. The quantitative estimate of drug-likeness (QED) is 0.133. The molecule has 0 bridgehead atoms. The van der Waals surface area contributed by atoms with Crippen LogP contribution in [0.5, 0.6) is 17.2 Å². The lowest BCUT2D eigenvalue weighted by Gasteiger charge is -2.09. The zero-order valence-electron chi connectivity index (χ0n) is 24.4. The number of aliphatic hydroxyl groups is 1. The average Bonchev–Trinajstić information content (AvgIpc) is 2.93. The Hall–Kier alpha value is -4.62. The summed E-state index contributed by atoms with van der Waals surface area (Å²) in [6.45, 7) is 2.03. The third kappa shape index (κ3) is 11.5. The highest BCUT2D eigenvalue weighted by Crippen LogP contribution is 2.22. The van der Waals surface area contributed by atoms with Crippen LogP contribution in [0.1, 0.15) is 33.4 Å². The molecule has 13 heteroatoms. The monoisotopic (exact) mass is 600 g/mol. The molecule has 0 unspecified atom stereocenters. The van der Waals surface area contributed by atoms with Crippen LogP contribution in [-0.4, -0.2) is 65.2 Å². The molecule has 10 N–H and O–H groups in total. The van der Waals surface area contributed by atoms with Crippen molar-refractivity contribution in [3.8, 4) is 17.2 Å². The molecule has 0 aromatic heterocycles. The first-order valence-corrected chi connectivity index (χ1v) is 14.5. The van der Waals surface area contributed by atoms with Crippen molar-refractivity contribution in [2.45, 2.75) is 19.1 Å². The summed E-state index contributed by atoms with van der Waals surface area (Å²) in [4.78, 5) is 0. The summed E-state index contributed by atoms with van der Waals surface area (Å²) < 4.78 is 37.6. The highest BCUT2D eigenvalue weighted by molar-refractivity contribution is 7.89. The van der Waals surface area contributed by atoms with Gasteiger partial charge in [0.15, 0.2) is 9.84 Å². The van der Waals surface area contributed by atoms with Crippen LogP contribution in [0.25, 0.3) is 0 Å². The van der Waals surface area contributed by atoms with Crippen LogP contribution in [0, 0.1) is 23.2 Å². The van der Waals surface area contributed by atoms with Gasteiger partial charge in [-0.15, -0.1) is 0 Å². The molecule has 228 valence electrons. The molecule has 3 rings (SSSR count). The van der Waals surface area contributed by atoms with Crippen molar-refractivity contribution in [1.82, 2.24) is 0 Å². The van der Waals surface area contributed by atoms with Crippen LogP contribution >= 0.6 is 0 Å². The minimum absolute atomic E-state index is 0.0128. The van der Waals surface area contributed by atoms with Gasteiger partial charge in [0.1, 0.15) is 34.8 Å². The van der Waals surface area contributed by atoms with Gasteiger partial charge in [0.25, 0.3) is 0 Å². The maximum Gasteiger partial charge on any atom is 0.151 e. The lowest BCUT2D eigenvalue weighted by Crippen LogP contribution is -2.12. The summed E-state index contributed by atoms with van der Waals surface area (Å²) in [7, 11) is 1.50. The number of sulfone groups is 1. The molecule has 0 aliphatic carbocycles. The second kappa shape index (κ2) is 16.6. The molecule has 0 saturated carbocycles. The summed E-state index contributed by atoms with van der Waals surface area (Å²) in [5, 5.41) is 30.5. The Morgan fingerprint density at radius 1 is 0.714 bits per heavy atom. The van der Waals surface area contributed by atoms with Gasteiger partial charge in [-0.25, -0.2) is 8.42 Å². The first kappa shape index (κ1) is 35.4. The number of hydrogen-bond donors (Lipinski definition) is 7. The molecule has 42 heavy (non-hydrogen) atoms. The van der Waals surface area contributed by atoms with Crippen molar-refractivity contribution in [1.29, 1.82) is 16.2 Å². The maximum absolute atomic E-state index is 11.2. The number of aliphatic hydroxyl groups excluding tert-OH is 1. The lowest BCUT2D eigenvalue weighted by molar-refractivity contribution is 0.296. The second-order valence-corrected chi connectivity index (χ2v) is 11.2. The topological polar surface area (TPSA) is 232 Å². The molecule has 0 spiro atoms. The smallest absolute Gasteiger partial charge is 0.151 e. The Morgan fingerprint density at radius 3 is 1.48 bits per heavy atom. The molecule has 0 aliphatic heterocycles. The largest absolute Gasteiger partial charge is 0.496 e. The fraction of sp³-hybridized carbons (Fsp3) is 0.276. The fourth-order valence-electron chi connectivity index (χ4n) is 3.54. The Balaban J connectivity index is 0.000000318. The van der Waals surface area contributed by atoms with Gasteiger partial charge < -0.3 is 36.5 Å². The number of hydrogen-bond acceptors (Lipinski definition) is 9. The van der Waals surface area contributed by atoms with Crippen LogP contribution in [0.3, 0.4) is 0 Å². The molecular formula is C29H40N6O6S. The molecule has 3 aromatic rings. The van der Waals surface area contributed by atoms with Crippen molar-refractivity contribution < 1.29 is 27.7 Å². The van der Waals surface area contributed by atoms with Crippen LogP contribution in [0.2, 0.25) is 0 Å². The van der Waals surface area contributed by atoms with E-state index in [-0.39, 0.29) is 29.9 Å². The number of amidine groups is 3. The van der Waals surface area contributed by atoms with E-state index < -0.39 is 9.84 Å². The second-order valence-electron chi connectivity index (χ2n) is 9.02. The Morgan fingerprint density at radius 2 is 1.10 bits per heavy atom. The number of methoxy groups -OCH3 is 3. The summed E-state index contributed by atoms with van der Waals surface area (Å²) in [6, 6.07) is 15.5. The van der Waals surface area contributed by atoms with Gasteiger partial charge in [0, 0.05) is 35.1 Å². The fourth-order valence-corrected chi connectivity index (χ4v) is 4.34. The van der Waals surface area contributed by atoms with Crippen molar-refractivity contribution in [3.63, 3.8) is 0 Å². The molecule has 0 aliphatic rings. The highest BCUT2D eigenvalue weighted by Gasteiger charge is 2.11. The van der Waals surface area contributed by atoms with E-state index in [1.165, 1.54) is 7.11 Å². The average molecular weight is 601 g/mol. The summed E-state index contributed by atoms with van der Waals surface area (Å²) in [5.74, 6) is 1.76. The molecule has 0 fully saturated rings. The summed E-state index contributed by atoms with van der Waals surface area (Å²) in [6.07, 6.45) is 1.70. The predicted molar refractivity (Wildman–Crippen MR) is 166 cm³/mol. The number of benzene rings is 3. The Kier molecular flexibility index (Phi) is 14.0. The van der Waals surface area contributed by atoms with Gasteiger partial charge >= 0.3 is 0 Å². The standard InChI is InChI=1S/C10H14N2O3S.C10H14N2O2.C9H12N2O/c1-15-9-5-7(10(11)12)3-4-8(9)6-16(2,13)14;1-14-9-6-8(10(11)12)3-2-7(9)4-5-13;1-6-3-4-7(9(10)11)5-8(6)12-2/h3-5H,6H2,1-2H3,(H3,11,12);2-3,6,13H,4-5H2,1H3,(H3,11,12);3-5H,1-2H3,(H3,10,11). The van der Waals surface area contributed by atoms with E-state index in [2.05, 4.69) is 0 Å². The molecular weight excluding hydrogens is 560 g/mol. The number of nitrogen functional groups attached to an aromatic ring is 3. The van der Waals surface area contributed by atoms with E-state index in [0.717, 1.165) is 23.1 Å². The van der Waals surface area contributed by atoms with Gasteiger partial charge in [-0.2, -0.15) is 0 Å². The Labute approximate surface area is 246 Å². The number of nitrogens with two attached hydrogens (primary N) is 3. The van der Waals surface area contributed by atoms with Gasteiger partial charge in [-0.05, 0) is 42.7 Å². The SMILES string of the molecule is COc1cc(C(=N)N)ccc1C.COc1cc(C(=N)N)ccc1CCO.COc1cc(C(=N)N)ccc1CS(C)(=O)=O. The third-order valence-corrected chi connectivity index (χ3v) is 6.55. The third-order valence-electron chi connectivity index (χ3n) is 5.71. The molecule has 3 aromatic carbocycles. The zero-order chi connectivity index (χ0) is 32.0. The van der Waals surface area contributed by atoms with Crippen LogP contribution in [0.15, 0.2) is 54.6 Å². The van der Waals surface area contributed by atoms with Crippen molar-refractivity contribution >= 4 is 27.3 Å². The number of ether oxygens (including phenoxy) is 3. The predicted octanol–water partition coefficient (Wildman–Crippen LogP) is 2.33. The van der Waals surface area contributed by atoms with Gasteiger partial charge in [-0.1, -0.05) is 36.4 Å².